The molecular formula is C20H22O3. The molecule has 0 saturated heterocycles. The Morgan fingerprint density at radius 2 is 1.65 bits per heavy atom. The Balaban J connectivity index is 1.81. The van der Waals surface area contributed by atoms with Gasteiger partial charge in [0.2, 0.25) is 0 Å². The highest BCUT2D eigenvalue weighted by molar-refractivity contribution is 5.88. The van der Waals surface area contributed by atoms with Gasteiger partial charge in [-0.3, -0.25) is 0 Å². The number of hydrogen-bond acceptors (Lipinski definition) is 3. The fraction of sp³-hybridized carbons (Fsp3) is 0.250. The van der Waals surface area contributed by atoms with Crippen LogP contribution in [-0.2, 0) is 4.79 Å². The van der Waals surface area contributed by atoms with E-state index in [0.29, 0.717) is 12.4 Å². The minimum Gasteiger partial charge on any atom is -0.494 e. The van der Waals surface area contributed by atoms with E-state index in [1.165, 1.54) is 18.9 Å². The minimum atomic E-state index is -0.398. The van der Waals surface area contributed by atoms with Crippen LogP contribution in [0.4, 0.5) is 0 Å². The van der Waals surface area contributed by atoms with Gasteiger partial charge in [-0.25, -0.2) is 4.79 Å². The van der Waals surface area contributed by atoms with Crippen LogP contribution in [0.25, 0.3) is 6.08 Å². The molecule has 2 aromatic carbocycles. The molecule has 0 radical (unpaired) electrons. The van der Waals surface area contributed by atoms with Crippen molar-refractivity contribution in [3.8, 4) is 11.5 Å². The number of hydrogen-bond donors (Lipinski definition) is 0. The lowest BCUT2D eigenvalue weighted by molar-refractivity contribution is -0.128. The average molecular weight is 310 g/mol. The topological polar surface area (TPSA) is 35.5 Å². The van der Waals surface area contributed by atoms with Crippen LogP contribution in [0.3, 0.4) is 0 Å². The third-order valence-corrected chi connectivity index (χ3v) is 3.27. The van der Waals surface area contributed by atoms with Crippen LogP contribution in [-0.4, -0.2) is 12.6 Å². The Morgan fingerprint density at radius 3 is 2.35 bits per heavy atom. The predicted molar refractivity (Wildman–Crippen MR) is 92.6 cm³/mol. The van der Waals surface area contributed by atoms with E-state index in [9.17, 15) is 4.79 Å². The maximum Gasteiger partial charge on any atom is 0.336 e. The van der Waals surface area contributed by atoms with Crippen molar-refractivity contribution in [3.63, 3.8) is 0 Å². The summed E-state index contributed by atoms with van der Waals surface area (Å²) in [4.78, 5) is 11.8. The molecule has 0 N–H and O–H groups in total. The summed E-state index contributed by atoms with van der Waals surface area (Å²) in [5, 5.41) is 0. The highest BCUT2D eigenvalue weighted by Gasteiger charge is 2.01. The number of ether oxygens (including phenoxy) is 2. The van der Waals surface area contributed by atoms with Crippen LogP contribution in [0.15, 0.2) is 60.7 Å². The molecule has 0 heterocycles. The van der Waals surface area contributed by atoms with E-state index in [1.807, 2.05) is 42.5 Å². The zero-order chi connectivity index (χ0) is 16.3. The fourth-order valence-corrected chi connectivity index (χ4v) is 2.02. The zero-order valence-corrected chi connectivity index (χ0v) is 13.4. The molecule has 3 nitrogen and oxygen atoms in total. The second-order valence-corrected chi connectivity index (χ2v) is 5.19. The minimum absolute atomic E-state index is 0.398. The van der Waals surface area contributed by atoms with Crippen molar-refractivity contribution < 1.29 is 14.3 Å². The molecular weight excluding hydrogens is 288 g/mol. The van der Waals surface area contributed by atoms with E-state index in [1.54, 1.807) is 18.2 Å². The van der Waals surface area contributed by atoms with Crippen LogP contribution >= 0.6 is 0 Å². The van der Waals surface area contributed by atoms with Crippen molar-refractivity contribution in [2.45, 2.75) is 26.2 Å². The van der Waals surface area contributed by atoms with Crippen LogP contribution in [0, 0.1) is 0 Å². The number of esters is 1. The molecule has 0 saturated carbocycles. The lowest BCUT2D eigenvalue weighted by Crippen LogP contribution is -2.03. The summed E-state index contributed by atoms with van der Waals surface area (Å²) in [6.07, 6.45) is 6.55. The SMILES string of the molecule is CCCCCOc1ccc(OC(=O)C=Cc2ccccc2)cc1. The van der Waals surface area contributed by atoms with E-state index in [-0.39, 0.29) is 0 Å². The summed E-state index contributed by atoms with van der Waals surface area (Å²) < 4.78 is 10.9. The van der Waals surface area contributed by atoms with Gasteiger partial charge in [-0.1, -0.05) is 50.1 Å². The van der Waals surface area contributed by atoms with Crippen molar-refractivity contribution in [3.05, 3.63) is 66.2 Å². The first kappa shape index (κ1) is 16.8. The largest absolute Gasteiger partial charge is 0.494 e. The molecule has 0 atom stereocenters. The van der Waals surface area contributed by atoms with Gasteiger partial charge in [-0.15, -0.1) is 0 Å². The first-order chi connectivity index (χ1) is 11.3. The molecule has 0 aliphatic carbocycles. The maximum atomic E-state index is 11.8. The number of benzene rings is 2. The Kier molecular flexibility index (Phi) is 6.92. The Morgan fingerprint density at radius 1 is 0.957 bits per heavy atom. The Hall–Kier alpha value is -2.55. The second-order valence-electron chi connectivity index (χ2n) is 5.19. The Bertz CT molecular complexity index is 615. The molecule has 0 aromatic heterocycles. The van der Waals surface area contributed by atoms with Crippen LogP contribution < -0.4 is 9.47 Å². The number of carbonyl (C=O) groups excluding carboxylic acids is 1. The first-order valence-corrected chi connectivity index (χ1v) is 7.96. The van der Waals surface area contributed by atoms with Gasteiger partial charge in [0.25, 0.3) is 0 Å². The highest BCUT2D eigenvalue weighted by atomic mass is 16.5. The van der Waals surface area contributed by atoms with Crippen molar-refractivity contribution in [2.75, 3.05) is 6.61 Å². The molecule has 0 aliphatic rings. The molecule has 23 heavy (non-hydrogen) atoms. The molecule has 120 valence electrons. The van der Waals surface area contributed by atoms with Crippen molar-refractivity contribution in [1.82, 2.24) is 0 Å². The summed E-state index contributed by atoms with van der Waals surface area (Å²) >= 11 is 0. The fourth-order valence-electron chi connectivity index (χ4n) is 2.02. The smallest absolute Gasteiger partial charge is 0.336 e. The standard InChI is InChI=1S/C20H22O3/c1-2-3-7-16-22-18-11-13-19(14-12-18)23-20(21)15-10-17-8-5-4-6-9-17/h4-6,8-15H,2-3,7,16H2,1H3. The van der Waals surface area contributed by atoms with E-state index in [2.05, 4.69) is 6.92 Å². The normalized spacial score (nSPS) is 10.7. The summed E-state index contributed by atoms with van der Waals surface area (Å²) in [6, 6.07) is 16.7. The molecule has 0 spiro atoms. The third-order valence-electron chi connectivity index (χ3n) is 3.27. The number of carbonyl (C=O) groups is 1. The van der Waals surface area contributed by atoms with Gasteiger partial charge in [-0.2, -0.15) is 0 Å². The summed E-state index contributed by atoms with van der Waals surface area (Å²) in [5.41, 5.74) is 0.959. The average Bonchev–Trinajstić information content (AvgIpc) is 2.59. The van der Waals surface area contributed by atoms with Gasteiger partial charge in [0.15, 0.2) is 0 Å². The lowest BCUT2D eigenvalue weighted by Gasteiger charge is -2.06. The van der Waals surface area contributed by atoms with Crippen LogP contribution in [0.2, 0.25) is 0 Å². The van der Waals surface area contributed by atoms with Crippen LogP contribution in [0.5, 0.6) is 11.5 Å². The van der Waals surface area contributed by atoms with Gasteiger partial charge in [0.05, 0.1) is 6.61 Å². The molecule has 0 bridgehead atoms. The van der Waals surface area contributed by atoms with Gasteiger partial charge in [-0.05, 0) is 42.3 Å². The van der Waals surface area contributed by atoms with Gasteiger partial charge >= 0.3 is 5.97 Å². The quantitative estimate of drug-likeness (QED) is 0.302. The number of rotatable bonds is 8. The third kappa shape index (κ3) is 6.39. The molecule has 0 fully saturated rings. The van der Waals surface area contributed by atoms with Crippen molar-refractivity contribution in [1.29, 1.82) is 0 Å². The van der Waals surface area contributed by atoms with Gasteiger partial charge < -0.3 is 9.47 Å². The van der Waals surface area contributed by atoms with E-state index < -0.39 is 5.97 Å². The molecule has 0 aliphatic heterocycles. The highest BCUT2D eigenvalue weighted by Crippen LogP contribution is 2.18. The summed E-state index contributed by atoms with van der Waals surface area (Å²) in [6.45, 7) is 2.88. The van der Waals surface area contributed by atoms with E-state index >= 15 is 0 Å². The van der Waals surface area contributed by atoms with Crippen molar-refractivity contribution >= 4 is 12.0 Å². The van der Waals surface area contributed by atoms with Gasteiger partial charge in [0.1, 0.15) is 11.5 Å². The lowest BCUT2D eigenvalue weighted by atomic mass is 10.2. The zero-order valence-electron chi connectivity index (χ0n) is 13.4. The van der Waals surface area contributed by atoms with Gasteiger partial charge in [0, 0.05) is 6.08 Å². The first-order valence-electron chi connectivity index (χ1n) is 7.96. The van der Waals surface area contributed by atoms with E-state index in [0.717, 1.165) is 17.7 Å². The van der Waals surface area contributed by atoms with E-state index in [4.69, 9.17) is 9.47 Å². The maximum absolute atomic E-state index is 11.8. The molecule has 0 amide bonds. The molecule has 2 rings (SSSR count). The number of unbranched alkanes of at least 4 members (excludes halogenated alkanes) is 2. The molecule has 3 heteroatoms. The summed E-state index contributed by atoms with van der Waals surface area (Å²) in [7, 11) is 0. The predicted octanol–water partition coefficient (Wildman–Crippen LogP) is 4.87. The molecule has 2 aromatic rings. The summed E-state index contributed by atoms with van der Waals surface area (Å²) in [5.74, 6) is 0.903. The monoisotopic (exact) mass is 310 g/mol. The van der Waals surface area contributed by atoms with Crippen LogP contribution in [0.1, 0.15) is 31.7 Å². The molecule has 0 unspecified atom stereocenters. The van der Waals surface area contributed by atoms with Crippen molar-refractivity contribution in [2.24, 2.45) is 0 Å². The Labute approximate surface area is 137 Å². The second kappa shape index (κ2) is 9.46.